The summed E-state index contributed by atoms with van der Waals surface area (Å²) < 4.78 is 58.9. The lowest BCUT2D eigenvalue weighted by atomic mass is 10.0. The molecular formula is C25H41F3O3. The number of rotatable bonds is 17. The number of halogens is 3. The van der Waals surface area contributed by atoms with E-state index >= 15 is 0 Å². The van der Waals surface area contributed by atoms with E-state index in [2.05, 4.69) is 6.92 Å². The first-order valence-electron chi connectivity index (χ1n) is 11.8. The number of hydrogen-bond donors (Lipinski definition) is 0. The van der Waals surface area contributed by atoms with Crippen LogP contribution in [0.2, 0.25) is 0 Å². The summed E-state index contributed by atoms with van der Waals surface area (Å²) in [6.07, 6.45) is 9.00. The Morgan fingerprint density at radius 1 is 0.710 bits per heavy atom. The summed E-state index contributed by atoms with van der Waals surface area (Å²) in [7, 11) is 0. The predicted octanol–water partition coefficient (Wildman–Crippen LogP) is 7.70. The van der Waals surface area contributed by atoms with Gasteiger partial charge < -0.3 is 14.2 Å². The Hall–Kier alpha value is -1.11. The van der Waals surface area contributed by atoms with Gasteiger partial charge in [-0.05, 0) is 47.0 Å². The number of hydrogen-bond acceptors (Lipinski definition) is 3. The largest absolute Gasteiger partial charge is 0.327 e. The fourth-order valence-corrected chi connectivity index (χ4v) is 3.42. The van der Waals surface area contributed by atoms with Crippen molar-refractivity contribution in [1.29, 1.82) is 0 Å². The van der Waals surface area contributed by atoms with Gasteiger partial charge in [0, 0.05) is 17.7 Å². The van der Waals surface area contributed by atoms with Crippen LogP contribution in [0.1, 0.15) is 98.0 Å². The average Bonchev–Trinajstić information content (AvgIpc) is 2.65. The van der Waals surface area contributed by atoms with Crippen LogP contribution >= 0.6 is 0 Å². The summed E-state index contributed by atoms with van der Waals surface area (Å²) in [5.41, 5.74) is -0.110. The highest BCUT2D eigenvalue weighted by atomic mass is 19.1. The quantitative estimate of drug-likeness (QED) is 0.181. The highest BCUT2D eigenvalue weighted by Crippen LogP contribution is 2.22. The molecule has 0 amide bonds. The van der Waals surface area contributed by atoms with Gasteiger partial charge in [0.05, 0.1) is 18.3 Å². The monoisotopic (exact) mass is 446 g/mol. The van der Waals surface area contributed by atoms with Gasteiger partial charge in [-0.25, -0.2) is 13.2 Å². The summed E-state index contributed by atoms with van der Waals surface area (Å²) in [6.45, 7) is 8.95. The summed E-state index contributed by atoms with van der Waals surface area (Å²) in [5.74, 6) is -2.63. The third-order valence-corrected chi connectivity index (χ3v) is 5.02. The second-order valence-electron chi connectivity index (χ2n) is 8.71. The molecule has 0 radical (unpaired) electrons. The molecular weight excluding hydrogens is 405 g/mol. The van der Waals surface area contributed by atoms with Gasteiger partial charge in [0.15, 0.2) is 0 Å². The van der Waals surface area contributed by atoms with Crippen molar-refractivity contribution in [2.24, 2.45) is 0 Å². The average molecular weight is 447 g/mol. The van der Waals surface area contributed by atoms with Crippen molar-refractivity contribution < 1.29 is 27.4 Å². The Balaban J connectivity index is 2.71. The summed E-state index contributed by atoms with van der Waals surface area (Å²) in [6, 6.07) is 1.44. The fraction of sp³-hybridized carbons (Fsp3) is 0.760. The van der Waals surface area contributed by atoms with Gasteiger partial charge in [-0.15, -0.1) is 0 Å². The molecule has 31 heavy (non-hydrogen) atoms. The maximum absolute atomic E-state index is 14.1. The number of ether oxygens (including phenoxy) is 3. The molecule has 1 aromatic carbocycles. The van der Waals surface area contributed by atoms with Crippen LogP contribution < -0.4 is 0 Å². The SMILES string of the molecule is CCCCCCCCCC(CCc1c(F)cc(F)cc1F)OC(OC(C)C)OC(C)C. The molecule has 1 atom stereocenters. The number of unbranched alkanes of at least 4 members (excludes halogenated alkanes) is 6. The van der Waals surface area contributed by atoms with Gasteiger partial charge in [0.25, 0.3) is 6.48 Å². The Morgan fingerprint density at radius 3 is 1.74 bits per heavy atom. The Morgan fingerprint density at radius 2 is 1.23 bits per heavy atom. The molecule has 0 aliphatic carbocycles. The highest BCUT2D eigenvalue weighted by Gasteiger charge is 2.22. The molecule has 0 N–H and O–H groups in total. The second kappa shape index (κ2) is 15.7. The molecule has 0 aromatic heterocycles. The minimum atomic E-state index is -0.912. The van der Waals surface area contributed by atoms with Gasteiger partial charge >= 0.3 is 0 Å². The van der Waals surface area contributed by atoms with Gasteiger partial charge in [-0.1, -0.05) is 51.9 Å². The van der Waals surface area contributed by atoms with Crippen LogP contribution in [0.3, 0.4) is 0 Å². The minimum Gasteiger partial charge on any atom is -0.327 e. The van der Waals surface area contributed by atoms with E-state index in [1.54, 1.807) is 0 Å². The van der Waals surface area contributed by atoms with Gasteiger partial charge in [0.1, 0.15) is 17.5 Å². The van der Waals surface area contributed by atoms with Crippen LogP contribution in [-0.4, -0.2) is 24.8 Å². The van der Waals surface area contributed by atoms with Gasteiger partial charge in [-0.2, -0.15) is 0 Å². The van der Waals surface area contributed by atoms with Gasteiger partial charge in [-0.3, -0.25) is 0 Å². The molecule has 0 fully saturated rings. The van der Waals surface area contributed by atoms with E-state index in [0.717, 1.165) is 31.4 Å². The maximum Gasteiger partial charge on any atom is 0.272 e. The van der Waals surface area contributed by atoms with Crippen molar-refractivity contribution >= 4 is 0 Å². The Labute approximate surface area is 186 Å². The van der Waals surface area contributed by atoms with E-state index in [4.69, 9.17) is 14.2 Å². The van der Waals surface area contributed by atoms with Crippen molar-refractivity contribution in [3.8, 4) is 0 Å². The van der Waals surface area contributed by atoms with Crippen molar-refractivity contribution in [2.75, 3.05) is 0 Å². The first-order valence-corrected chi connectivity index (χ1v) is 11.8. The van der Waals surface area contributed by atoms with Crippen LogP contribution in [0.15, 0.2) is 12.1 Å². The van der Waals surface area contributed by atoms with Crippen LogP contribution in [0.5, 0.6) is 0 Å². The molecule has 0 bridgehead atoms. The standard InChI is InChI=1S/C25H41F3O3/c1-6-7-8-9-10-11-12-13-21(31-25(29-18(2)3)30-19(4)5)14-15-22-23(27)16-20(26)17-24(22)28/h16-19,21,25H,6-15H2,1-5H3. The Bertz CT molecular complexity index is 575. The van der Waals surface area contributed by atoms with Crippen LogP contribution in [0.25, 0.3) is 0 Å². The van der Waals surface area contributed by atoms with E-state index in [1.165, 1.54) is 32.1 Å². The zero-order valence-corrected chi connectivity index (χ0v) is 19.9. The maximum atomic E-state index is 14.1. The predicted molar refractivity (Wildman–Crippen MR) is 118 cm³/mol. The third-order valence-electron chi connectivity index (χ3n) is 5.02. The Kier molecular flexibility index (Phi) is 14.1. The molecule has 0 saturated carbocycles. The van der Waals surface area contributed by atoms with Crippen LogP contribution in [0, 0.1) is 17.5 Å². The molecule has 0 aliphatic heterocycles. The first-order chi connectivity index (χ1) is 14.7. The first kappa shape index (κ1) is 27.9. The lowest BCUT2D eigenvalue weighted by Crippen LogP contribution is -2.32. The number of benzene rings is 1. The molecule has 0 spiro atoms. The highest BCUT2D eigenvalue weighted by molar-refractivity contribution is 5.21. The van der Waals surface area contributed by atoms with Crippen molar-refractivity contribution in [3.05, 3.63) is 35.1 Å². The normalized spacial score (nSPS) is 13.0. The molecule has 1 aromatic rings. The smallest absolute Gasteiger partial charge is 0.272 e. The van der Waals surface area contributed by atoms with Crippen LogP contribution in [0.4, 0.5) is 13.2 Å². The van der Waals surface area contributed by atoms with E-state index in [0.29, 0.717) is 6.42 Å². The van der Waals surface area contributed by atoms with Crippen LogP contribution in [-0.2, 0) is 20.6 Å². The molecule has 0 saturated heterocycles. The lowest BCUT2D eigenvalue weighted by Gasteiger charge is -2.28. The van der Waals surface area contributed by atoms with E-state index in [-0.39, 0.29) is 30.3 Å². The molecule has 0 aliphatic rings. The van der Waals surface area contributed by atoms with Crippen molar-refractivity contribution in [3.63, 3.8) is 0 Å². The molecule has 0 heterocycles. The van der Waals surface area contributed by atoms with Gasteiger partial charge in [0.2, 0.25) is 0 Å². The molecule has 3 nitrogen and oxygen atoms in total. The molecule has 1 rings (SSSR count). The minimum absolute atomic E-state index is 0.0880. The third kappa shape index (κ3) is 12.5. The summed E-state index contributed by atoms with van der Waals surface area (Å²) in [4.78, 5) is 0. The van der Waals surface area contributed by atoms with E-state index < -0.39 is 23.9 Å². The van der Waals surface area contributed by atoms with E-state index in [1.807, 2.05) is 27.7 Å². The molecule has 1 unspecified atom stereocenters. The lowest BCUT2D eigenvalue weighted by molar-refractivity contribution is -0.327. The molecule has 6 heteroatoms. The van der Waals surface area contributed by atoms with Crippen molar-refractivity contribution in [2.45, 2.75) is 124 Å². The summed E-state index contributed by atoms with van der Waals surface area (Å²) in [5, 5.41) is 0. The van der Waals surface area contributed by atoms with E-state index in [9.17, 15) is 13.2 Å². The zero-order chi connectivity index (χ0) is 23.2. The molecule has 180 valence electrons. The second-order valence-corrected chi connectivity index (χ2v) is 8.71. The summed E-state index contributed by atoms with van der Waals surface area (Å²) >= 11 is 0. The van der Waals surface area contributed by atoms with Crippen molar-refractivity contribution in [1.82, 2.24) is 0 Å². The zero-order valence-electron chi connectivity index (χ0n) is 19.9. The fourth-order valence-electron chi connectivity index (χ4n) is 3.42. The topological polar surface area (TPSA) is 27.7 Å².